The number of anilines is 1. The summed E-state index contributed by atoms with van der Waals surface area (Å²) in [5.41, 5.74) is 2.52. The lowest BCUT2D eigenvalue weighted by Crippen LogP contribution is -2.38. The predicted octanol–water partition coefficient (Wildman–Crippen LogP) is 2.21. The Labute approximate surface area is 120 Å². The molecule has 2 heterocycles. The predicted molar refractivity (Wildman–Crippen MR) is 78.8 cm³/mol. The molecule has 108 valence electrons. The Hall–Kier alpha value is -1.55. The van der Waals surface area contributed by atoms with Gasteiger partial charge in [-0.25, -0.2) is 0 Å². The zero-order valence-corrected chi connectivity index (χ0v) is 12.2. The van der Waals surface area contributed by atoms with Gasteiger partial charge in [0, 0.05) is 32.2 Å². The third-order valence-electron chi connectivity index (χ3n) is 4.37. The van der Waals surface area contributed by atoms with E-state index in [-0.39, 0.29) is 12.0 Å². The molecule has 2 aliphatic rings. The molecule has 0 saturated carbocycles. The molecule has 4 heteroatoms. The van der Waals surface area contributed by atoms with E-state index in [1.807, 2.05) is 0 Å². The smallest absolute Gasteiger partial charge is 0.323 e. The van der Waals surface area contributed by atoms with E-state index < -0.39 is 0 Å². The van der Waals surface area contributed by atoms with Crippen molar-refractivity contribution < 1.29 is 9.53 Å². The Balaban J connectivity index is 1.84. The molecule has 0 amide bonds. The fourth-order valence-electron chi connectivity index (χ4n) is 3.32. The largest absolute Gasteiger partial charge is 0.464 e. The second-order valence-corrected chi connectivity index (χ2v) is 5.86. The minimum Gasteiger partial charge on any atom is -0.464 e. The van der Waals surface area contributed by atoms with Gasteiger partial charge >= 0.3 is 5.97 Å². The van der Waals surface area contributed by atoms with E-state index >= 15 is 0 Å². The van der Waals surface area contributed by atoms with Crippen molar-refractivity contribution in [2.45, 2.75) is 31.3 Å². The van der Waals surface area contributed by atoms with Crippen molar-refractivity contribution in [2.75, 3.05) is 32.1 Å². The monoisotopic (exact) mass is 274 g/mol. The maximum atomic E-state index is 11.8. The second kappa shape index (κ2) is 5.44. The molecule has 20 heavy (non-hydrogen) atoms. The van der Waals surface area contributed by atoms with Crippen LogP contribution in [-0.2, 0) is 9.53 Å². The number of likely N-dealkylation sites (tertiary alicyclic amines) is 1. The summed E-state index contributed by atoms with van der Waals surface area (Å²) in [5.74, 6) is -0.0411. The summed E-state index contributed by atoms with van der Waals surface area (Å²) < 4.78 is 5.14. The molecule has 3 rings (SSSR count). The molecular formula is C16H22N2O2. The number of hydrogen-bond acceptors (Lipinski definition) is 4. The standard InChI is InChI=1S/C16H22N2O2/c1-17(2)13-6-3-5-12(11-13)14-7-4-9-18(14)15-8-10-20-16(15)19/h3,5-6,11,14-15H,4,7-10H2,1-2H3. The molecule has 2 atom stereocenters. The molecule has 2 fully saturated rings. The summed E-state index contributed by atoms with van der Waals surface area (Å²) >= 11 is 0. The molecule has 2 unspecified atom stereocenters. The molecule has 0 N–H and O–H groups in total. The van der Waals surface area contributed by atoms with Crippen molar-refractivity contribution in [3.05, 3.63) is 29.8 Å². The van der Waals surface area contributed by atoms with Gasteiger partial charge in [0.25, 0.3) is 0 Å². The summed E-state index contributed by atoms with van der Waals surface area (Å²) in [6.45, 7) is 1.57. The number of cyclic esters (lactones) is 1. The van der Waals surface area contributed by atoms with Crippen molar-refractivity contribution in [3.63, 3.8) is 0 Å². The van der Waals surface area contributed by atoms with Crippen molar-refractivity contribution in [2.24, 2.45) is 0 Å². The molecule has 4 nitrogen and oxygen atoms in total. The fraction of sp³-hybridized carbons (Fsp3) is 0.562. The van der Waals surface area contributed by atoms with Gasteiger partial charge in [0.15, 0.2) is 0 Å². The van der Waals surface area contributed by atoms with Crippen LogP contribution >= 0.6 is 0 Å². The highest BCUT2D eigenvalue weighted by molar-refractivity contribution is 5.77. The fourth-order valence-corrected chi connectivity index (χ4v) is 3.32. The minimum atomic E-state index is -0.0411. The summed E-state index contributed by atoms with van der Waals surface area (Å²) in [5, 5.41) is 0. The number of carbonyl (C=O) groups excluding carboxylic acids is 1. The van der Waals surface area contributed by atoms with Crippen LogP contribution in [0.4, 0.5) is 5.69 Å². The highest BCUT2D eigenvalue weighted by Gasteiger charge is 2.39. The molecule has 0 spiro atoms. The number of carbonyl (C=O) groups is 1. The van der Waals surface area contributed by atoms with Crippen LogP contribution in [0, 0.1) is 0 Å². The van der Waals surface area contributed by atoms with Crippen LogP contribution in [0.5, 0.6) is 0 Å². The normalized spacial score (nSPS) is 26.8. The molecule has 2 saturated heterocycles. The van der Waals surface area contributed by atoms with Crippen LogP contribution in [0.3, 0.4) is 0 Å². The first-order valence-electron chi connectivity index (χ1n) is 7.36. The SMILES string of the molecule is CN(C)c1cccc(C2CCCN2C2CCOC2=O)c1. The van der Waals surface area contributed by atoms with Gasteiger partial charge in [0.2, 0.25) is 0 Å². The Morgan fingerprint density at radius 1 is 1.25 bits per heavy atom. The van der Waals surface area contributed by atoms with E-state index in [4.69, 9.17) is 4.74 Å². The number of ether oxygens (including phenoxy) is 1. The van der Waals surface area contributed by atoms with Gasteiger partial charge in [-0.05, 0) is 37.1 Å². The van der Waals surface area contributed by atoms with Crippen LogP contribution in [0.1, 0.15) is 30.9 Å². The van der Waals surface area contributed by atoms with Gasteiger partial charge in [-0.3, -0.25) is 9.69 Å². The van der Waals surface area contributed by atoms with E-state index in [9.17, 15) is 4.79 Å². The average Bonchev–Trinajstić information content (AvgIpc) is 3.06. The molecule has 2 aliphatic heterocycles. The molecule has 1 aromatic carbocycles. The third kappa shape index (κ3) is 2.40. The van der Waals surface area contributed by atoms with E-state index in [1.54, 1.807) is 0 Å². The zero-order valence-electron chi connectivity index (χ0n) is 12.2. The Bertz CT molecular complexity index is 501. The summed E-state index contributed by atoms with van der Waals surface area (Å²) in [6.07, 6.45) is 3.12. The molecule has 0 aliphatic carbocycles. The lowest BCUT2D eigenvalue weighted by molar-refractivity contribution is -0.142. The lowest BCUT2D eigenvalue weighted by Gasteiger charge is -2.28. The quantitative estimate of drug-likeness (QED) is 0.791. The highest BCUT2D eigenvalue weighted by atomic mass is 16.5. The first kappa shape index (κ1) is 13.4. The van der Waals surface area contributed by atoms with Crippen molar-refractivity contribution in [3.8, 4) is 0 Å². The Kier molecular flexibility index (Phi) is 3.66. The second-order valence-electron chi connectivity index (χ2n) is 5.86. The summed E-state index contributed by atoms with van der Waals surface area (Å²) in [4.78, 5) is 16.3. The maximum Gasteiger partial charge on any atom is 0.323 e. The van der Waals surface area contributed by atoms with Gasteiger partial charge in [-0.15, -0.1) is 0 Å². The van der Waals surface area contributed by atoms with Crippen LogP contribution in [0.15, 0.2) is 24.3 Å². The molecule has 0 radical (unpaired) electrons. The first-order chi connectivity index (χ1) is 9.66. The lowest BCUT2D eigenvalue weighted by atomic mass is 10.0. The third-order valence-corrected chi connectivity index (χ3v) is 4.37. The molecule has 1 aromatic rings. The Morgan fingerprint density at radius 3 is 2.80 bits per heavy atom. The first-order valence-corrected chi connectivity index (χ1v) is 7.36. The average molecular weight is 274 g/mol. The number of hydrogen-bond donors (Lipinski definition) is 0. The van der Waals surface area contributed by atoms with Crippen LogP contribution < -0.4 is 4.90 Å². The van der Waals surface area contributed by atoms with Gasteiger partial charge in [-0.2, -0.15) is 0 Å². The highest BCUT2D eigenvalue weighted by Crippen LogP contribution is 2.36. The zero-order chi connectivity index (χ0) is 14.1. The van der Waals surface area contributed by atoms with Gasteiger partial charge in [0.05, 0.1) is 6.61 Å². The number of benzene rings is 1. The number of esters is 1. The molecular weight excluding hydrogens is 252 g/mol. The number of rotatable bonds is 3. The van der Waals surface area contributed by atoms with Crippen LogP contribution in [0.2, 0.25) is 0 Å². The molecule has 0 aromatic heterocycles. The van der Waals surface area contributed by atoms with Crippen LogP contribution in [0.25, 0.3) is 0 Å². The topological polar surface area (TPSA) is 32.8 Å². The van der Waals surface area contributed by atoms with E-state index in [2.05, 4.69) is 48.2 Å². The number of nitrogens with zero attached hydrogens (tertiary/aromatic N) is 2. The van der Waals surface area contributed by atoms with Crippen molar-refractivity contribution in [1.82, 2.24) is 4.90 Å². The van der Waals surface area contributed by atoms with Gasteiger partial charge in [0.1, 0.15) is 6.04 Å². The molecule has 0 bridgehead atoms. The summed E-state index contributed by atoms with van der Waals surface area (Å²) in [7, 11) is 4.11. The van der Waals surface area contributed by atoms with E-state index in [1.165, 1.54) is 11.3 Å². The summed E-state index contributed by atoms with van der Waals surface area (Å²) in [6, 6.07) is 8.95. The minimum absolute atomic E-state index is 0.0366. The van der Waals surface area contributed by atoms with Gasteiger partial charge in [-0.1, -0.05) is 12.1 Å². The maximum absolute atomic E-state index is 11.8. The van der Waals surface area contributed by atoms with Crippen LogP contribution in [-0.4, -0.2) is 44.2 Å². The van der Waals surface area contributed by atoms with Gasteiger partial charge < -0.3 is 9.64 Å². The van der Waals surface area contributed by atoms with E-state index in [0.717, 1.165) is 25.8 Å². The van der Waals surface area contributed by atoms with E-state index in [0.29, 0.717) is 12.6 Å². The van der Waals surface area contributed by atoms with Crippen molar-refractivity contribution in [1.29, 1.82) is 0 Å². The Morgan fingerprint density at radius 2 is 2.10 bits per heavy atom. The van der Waals surface area contributed by atoms with Crippen molar-refractivity contribution >= 4 is 11.7 Å².